The summed E-state index contributed by atoms with van der Waals surface area (Å²) in [6.45, 7) is -0.0620. The van der Waals surface area contributed by atoms with Crippen molar-refractivity contribution in [3.8, 4) is 0 Å². The zero-order valence-electron chi connectivity index (χ0n) is 5.96. The van der Waals surface area contributed by atoms with E-state index in [1.807, 2.05) is 0 Å². The molecule has 60 valence electrons. The van der Waals surface area contributed by atoms with Gasteiger partial charge in [-0.1, -0.05) is 0 Å². The Kier molecular flexibility index (Phi) is 4.55. The van der Waals surface area contributed by atoms with E-state index in [9.17, 15) is 4.79 Å². The molecule has 0 heterocycles. The summed E-state index contributed by atoms with van der Waals surface area (Å²) in [4.78, 5) is 14.6. The van der Waals surface area contributed by atoms with Gasteiger partial charge in [0.05, 0.1) is 0 Å². The molecular formula is C4H11N3O3. The molecule has 6 heteroatoms. The minimum absolute atomic E-state index is 0.0620. The second-order valence-electron chi connectivity index (χ2n) is 1.66. The highest BCUT2D eigenvalue weighted by atomic mass is 16.8. The van der Waals surface area contributed by atoms with Gasteiger partial charge in [0.1, 0.15) is 0 Å². The number of primary amides is 1. The summed E-state index contributed by atoms with van der Waals surface area (Å²) in [6, 6.07) is 0. The van der Waals surface area contributed by atoms with Crippen molar-refractivity contribution in [1.82, 2.24) is 10.5 Å². The van der Waals surface area contributed by atoms with Crippen LogP contribution in [0.5, 0.6) is 0 Å². The first-order chi connectivity index (χ1) is 4.63. The van der Waals surface area contributed by atoms with Gasteiger partial charge in [-0.05, 0) is 0 Å². The quantitative estimate of drug-likeness (QED) is 0.306. The van der Waals surface area contributed by atoms with Crippen molar-refractivity contribution in [3.05, 3.63) is 0 Å². The van der Waals surface area contributed by atoms with E-state index >= 15 is 0 Å². The summed E-state index contributed by atoms with van der Waals surface area (Å²) in [5.41, 5.74) is 6.96. The third-order valence-corrected chi connectivity index (χ3v) is 0.520. The van der Waals surface area contributed by atoms with Gasteiger partial charge in [0, 0.05) is 14.1 Å². The van der Waals surface area contributed by atoms with Crippen LogP contribution in [0.15, 0.2) is 0 Å². The number of nitrogens with one attached hydrogen (secondary N) is 1. The topological polar surface area (TPSA) is 76.8 Å². The van der Waals surface area contributed by atoms with E-state index in [0.717, 1.165) is 0 Å². The molecule has 0 bridgehead atoms. The van der Waals surface area contributed by atoms with Crippen molar-refractivity contribution >= 4 is 6.09 Å². The number of hydroxylamine groups is 3. The monoisotopic (exact) mass is 149 g/mol. The van der Waals surface area contributed by atoms with E-state index in [1.54, 1.807) is 14.1 Å². The molecule has 0 radical (unpaired) electrons. The Morgan fingerprint density at radius 3 is 2.70 bits per heavy atom. The summed E-state index contributed by atoms with van der Waals surface area (Å²) in [7, 11) is 3.36. The van der Waals surface area contributed by atoms with E-state index in [1.165, 1.54) is 5.06 Å². The predicted molar refractivity (Wildman–Crippen MR) is 33.4 cm³/mol. The molecule has 10 heavy (non-hydrogen) atoms. The van der Waals surface area contributed by atoms with Crippen LogP contribution in [-0.4, -0.2) is 32.0 Å². The SMILES string of the molecule is CN(C)ONCOC(N)=O. The highest BCUT2D eigenvalue weighted by molar-refractivity contribution is 5.64. The Balaban J connectivity index is 2.98. The summed E-state index contributed by atoms with van der Waals surface area (Å²) in [5.74, 6) is 0. The van der Waals surface area contributed by atoms with E-state index in [-0.39, 0.29) is 6.73 Å². The Hall–Kier alpha value is -0.850. The van der Waals surface area contributed by atoms with Crippen LogP contribution < -0.4 is 11.2 Å². The standard InChI is InChI=1S/C4H11N3O3/c1-7(2)10-6-3-9-4(5)8/h6H,3H2,1-2H3,(H2,5,8). The lowest BCUT2D eigenvalue weighted by molar-refractivity contribution is -0.192. The lowest BCUT2D eigenvalue weighted by Crippen LogP contribution is -2.29. The molecule has 0 rings (SSSR count). The van der Waals surface area contributed by atoms with Gasteiger partial charge in [0.2, 0.25) is 0 Å². The van der Waals surface area contributed by atoms with Crippen LogP contribution in [0.3, 0.4) is 0 Å². The van der Waals surface area contributed by atoms with Crippen LogP contribution in [0.4, 0.5) is 4.79 Å². The molecule has 3 N–H and O–H groups in total. The second-order valence-corrected chi connectivity index (χ2v) is 1.66. The molecule has 0 spiro atoms. The number of nitrogens with two attached hydrogens (primary N) is 1. The fraction of sp³-hybridized carbons (Fsp3) is 0.750. The highest BCUT2D eigenvalue weighted by Gasteiger charge is 1.91. The van der Waals surface area contributed by atoms with Crippen LogP contribution in [-0.2, 0) is 9.68 Å². The van der Waals surface area contributed by atoms with Crippen LogP contribution in [0.2, 0.25) is 0 Å². The molecule has 0 atom stereocenters. The molecule has 0 fully saturated rings. The molecule has 0 saturated carbocycles. The Labute approximate surface area is 58.8 Å². The summed E-state index contributed by atoms with van der Waals surface area (Å²) in [5, 5.41) is 1.41. The van der Waals surface area contributed by atoms with E-state index in [0.29, 0.717) is 0 Å². The first-order valence-electron chi connectivity index (χ1n) is 2.62. The number of ether oxygens (including phenoxy) is 1. The first-order valence-corrected chi connectivity index (χ1v) is 2.62. The zero-order chi connectivity index (χ0) is 7.98. The van der Waals surface area contributed by atoms with Gasteiger partial charge in [-0.25, -0.2) is 9.73 Å². The molecular weight excluding hydrogens is 138 g/mol. The van der Waals surface area contributed by atoms with Crippen molar-refractivity contribution < 1.29 is 14.5 Å². The van der Waals surface area contributed by atoms with Gasteiger partial charge >= 0.3 is 6.09 Å². The number of nitrogens with zero attached hydrogens (tertiary/aromatic N) is 1. The summed E-state index contributed by atoms with van der Waals surface area (Å²) >= 11 is 0. The van der Waals surface area contributed by atoms with Gasteiger partial charge < -0.3 is 10.5 Å². The fourth-order valence-corrected chi connectivity index (χ4v) is 0.256. The third kappa shape index (κ3) is 7.15. The average molecular weight is 149 g/mol. The maximum absolute atomic E-state index is 9.93. The first kappa shape index (κ1) is 9.15. The number of hydrogen-bond donors (Lipinski definition) is 2. The van der Waals surface area contributed by atoms with Gasteiger partial charge in [-0.3, -0.25) is 0 Å². The summed E-state index contributed by atoms with van der Waals surface area (Å²) in [6.07, 6.45) is -0.838. The lowest BCUT2D eigenvalue weighted by Gasteiger charge is -2.09. The van der Waals surface area contributed by atoms with E-state index in [4.69, 9.17) is 0 Å². The lowest BCUT2D eigenvalue weighted by atomic mass is 11.2. The molecule has 0 aliphatic carbocycles. The second kappa shape index (κ2) is 4.98. The van der Waals surface area contributed by atoms with Crippen LogP contribution >= 0.6 is 0 Å². The molecule has 0 aliphatic rings. The van der Waals surface area contributed by atoms with E-state index in [2.05, 4.69) is 20.9 Å². The van der Waals surface area contributed by atoms with Crippen molar-refractivity contribution in [1.29, 1.82) is 0 Å². The number of hydrogen-bond acceptors (Lipinski definition) is 5. The Morgan fingerprint density at radius 2 is 2.30 bits per heavy atom. The van der Waals surface area contributed by atoms with Crippen molar-refractivity contribution in [2.24, 2.45) is 5.73 Å². The Morgan fingerprint density at radius 1 is 1.70 bits per heavy atom. The molecule has 1 amide bonds. The number of carbonyl (C=O) groups is 1. The third-order valence-electron chi connectivity index (χ3n) is 0.520. The van der Waals surface area contributed by atoms with Crippen LogP contribution in [0, 0.1) is 0 Å². The maximum Gasteiger partial charge on any atom is 0.405 e. The number of amides is 1. The molecule has 0 saturated heterocycles. The van der Waals surface area contributed by atoms with Crippen molar-refractivity contribution in [2.45, 2.75) is 0 Å². The van der Waals surface area contributed by atoms with Crippen LogP contribution in [0.25, 0.3) is 0 Å². The zero-order valence-corrected chi connectivity index (χ0v) is 5.96. The van der Waals surface area contributed by atoms with Gasteiger partial charge in [0.15, 0.2) is 6.73 Å². The van der Waals surface area contributed by atoms with E-state index < -0.39 is 6.09 Å². The summed E-state index contributed by atoms with van der Waals surface area (Å²) < 4.78 is 4.27. The fourth-order valence-electron chi connectivity index (χ4n) is 0.256. The molecule has 0 aromatic rings. The minimum atomic E-state index is -0.838. The maximum atomic E-state index is 9.93. The normalized spacial score (nSPS) is 9.90. The van der Waals surface area contributed by atoms with Gasteiger partial charge in [0.25, 0.3) is 0 Å². The highest BCUT2D eigenvalue weighted by Crippen LogP contribution is 1.72. The molecule has 0 aliphatic heterocycles. The molecule has 0 unspecified atom stereocenters. The van der Waals surface area contributed by atoms with Crippen LogP contribution in [0.1, 0.15) is 0 Å². The number of carbonyl (C=O) groups excluding carboxylic acids is 1. The Bertz CT molecular complexity index is 106. The predicted octanol–water partition coefficient (Wildman–Crippen LogP) is -0.963. The van der Waals surface area contributed by atoms with Gasteiger partial charge in [-0.15, -0.1) is 5.48 Å². The average Bonchev–Trinajstić information content (AvgIpc) is 1.79. The van der Waals surface area contributed by atoms with Crippen molar-refractivity contribution in [2.75, 3.05) is 20.8 Å². The largest absolute Gasteiger partial charge is 0.432 e. The minimum Gasteiger partial charge on any atom is -0.432 e. The molecule has 0 aromatic carbocycles. The number of rotatable bonds is 4. The molecule has 6 nitrogen and oxygen atoms in total. The van der Waals surface area contributed by atoms with Crippen molar-refractivity contribution in [3.63, 3.8) is 0 Å². The van der Waals surface area contributed by atoms with Gasteiger partial charge in [-0.2, -0.15) is 5.06 Å². The smallest absolute Gasteiger partial charge is 0.405 e. The molecule has 0 aromatic heterocycles.